The van der Waals surface area contributed by atoms with E-state index in [4.69, 9.17) is 4.99 Å². The van der Waals surface area contributed by atoms with E-state index in [0.717, 1.165) is 42.0 Å². The van der Waals surface area contributed by atoms with Crippen molar-refractivity contribution in [2.75, 3.05) is 25.4 Å². The zero-order valence-electron chi connectivity index (χ0n) is 15.5. The number of aromatic nitrogens is 2. The number of aliphatic imine (C=N–C) groups is 1. The number of benzene rings is 1. The van der Waals surface area contributed by atoms with E-state index in [1.54, 1.807) is 11.3 Å². The summed E-state index contributed by atoms with van der Waals surface area (Å²) < 4.78 is 2.06. The smallest absolute Gasteiger partial charge is 0.194 e. The molecule has 1 aliphatic heterocycles. The maximum atomic E-state index is 4.85. The third-order valence-corrected chi connectivity index (χ3v) is 6.70. The van der Waals surface area contributed by atoms with Crippen molar-refractivity contribution in [3.63, 3.8) is 0 Å². The van der Waals surface area contributed by atoms with Crippen LogP contribution in [0.2, 0.25) is 0 Å². The van der Waals surface area contributed by atoms with Crippen LogP contribution in [0.1, 0.15) is 19.0 Å². The minimum Gasteiger partial charge on any atom is -0.357 e. The Morgan fingerprint density at radius 2 is 2.26 bits per heavy atom. The van der Waals surface area contributed by atoms with E-state index in [1.807, 2.05) is 18.0 Å². The van der Waals surface area contributed by atoms with Crippen LogP contribution in [0.5, 0.6) is 0 Å². The Morgan fingerprint density at radius 1 is 1.37 bits per heavy atom. The Kier molecular flexibility index (Phi) is 5.99. The Labute approximate surface area is 168 Å². The third-order valence-electron chi connectivity index (χ3n) is 4.68. The lowest BCUT2D eigenvalue weighted by molar-refractivity contribution is 0.474. The molecule has 1 unspecified atom stereocenters. The molecule has 0 radical (unpaired) electrons. The number of fused-ring (bicyclic) bond motifs is 1. The standard InChI is InChI=1S/C20H25N5S2/c1-2-21-19(22-12-17-14-25-10-11-26-20(25)23-17)24-9-8-16(13-24)15-27-18-6-4-3-5-7-18/h3-7,10-11,14,16H,2,8-9,12-13,15H2,1H3,(H,21,22). The summed E-state index contributed by atoms with van der Waals surface area (Å²) in [5.74, 6) is 2.88. The van der Waals surface area contributed by atoms with Gasteiger partial charge in [0.05, 0.1) is 12.2 Å². The van der Waals surface area contributed by atoms with E-state index in [2.05, 4.69) is 68.4 Å². The zero-order valence-corrected chi connectivity index (χ0v) is 17.2. The lowest BCUT2D eigenvalue weighted by Crippen LogP contribution is -2.40. The van der Waals surface area contributed by atoms with Gasteiger partial charge in [0.15, 0.2) is 10.9 Å². The number of nitrogens with zero attached hydrogens (tertiary/aromatic N) is 4. The molecule has 1 aliphatic rings. The highest BCUT2D eigenvalue weighted by Crippen LogP contribution is 2.26. The van der Waals surface area contributed by atoms with Gasteiger partial charge in [-0.25, -0.2) is 9.98 Å². The molecule has 1 atom stereocenters. The quantitative estimate of drug-likeness (QED) is 0.387. The van der Waals surface area contributed by atoms with Gasteiger partial charge in [0.2, 0.25) is 0 Å². The average molecular weight is 400 g/mol. The van der Waals surface area contributed by atoms with Gasteiger partial charge < -0.3 is 10.2 Å². The van der Waals surface area contributed by atoms with Gasteiger partial charge in [-0.1, -0.05) is 18.2 Å². The molecular weight excluding hydrogens is 374 g/mol. The number of thioether (sulfide) groups is 1. The van der Waals surface area contributed by atoms with Crippen LogP contribution in [-0.4, -0.2) is 45.6 Å². The van der Waals surface area contributed by atoms with Crippen LogP contribution >= 0.6 is 23.1 Å². The summed E-state index contributed by atoms with van der Waals surface area (Å²) in [4.78, 5) is 14.3. The number of hydrogen-bond acceptors (Lipinski definition) is 4. The van der Waals surface area contributed by atoms with Gasteiger partial charge in [0.25, 0.3) is 0 Å². The summed E-state index contributed by atoms with van der Waals surface area (Å²) in [6.07, 6.45) is 5.34. The summed E-state index contributed by atoms with van der Waals surface area (Å²) >= 11 is 3.62. The highest BCUT2D eigenvalue weighted by molar-refractivity contribution is 7.99. The molecule has 3 heterocycles. The van der Waals surface area contributed by atoms with Gasteiger partial charge in [0, 0.05) is 48.1 Å². The van der Waals surface area contributed by atoms with Crippen LogP contribution < -0.4 is 5.32 Å². The number of rotatable bonds is 6. The fourth-order valence-corrected chi connectivity index (χ4v) is 5.09. The molecule has 1 aromatic carbocycles. The van der Waals surface area contributed by atoms with Crippen LogP contribution in [0.25, 0.3) is 4.96 Å². The molecule has 0 spiro atoms. The summed E-state index contributed by atoms with van der Waals surface area (Å²) in [6.45, 7) is 5.78. The lowest BCUT2D eigenvalue weighted by Gasteiger charge is -2.21. The molecule has 3 aromatic rings. The molecule has 4 rings (SSSR count). The van der Waals surface area contributed by atoms with Crippen LogP contribution in [-0.2, 0) is 6.54 Å². The third kappa shape index (κ3) is 4.65. The second-order valence-electron chi connectivity index (χ2n) is 6.72. The van der Waals surface area contributed by atoms with Gasteiger partial charge in [0.1, 0.15) is 0 Å². The van der Waals surface area contributed by atoms with E-state index in [9.17, 15) is 0 Å². The second-order valence-corrected chi connectivity index (χ2v) is 8.69. The first-order valence-corrected chi connectivity index (χ1v) is 11.3. The Bertz CT molecular complexity index is 858. The van der Waals surface area contributed by atoms with Gasteiger partial charge in [-0.05, 0) is 31.4 Å². The van der Waals surface area contributed by atoms with Crippen LogP contribution in [0, 0.1) is 5.92 Å². The van der Waals surface area contributed by atoms with Gasteiger partial charge in [-0.3, -0.25) is 4.40 Å². The summed E-state index contributed by atoms with van der Waals surface area (Å²) in [6, 6.07) is 10.7. The van der Waals surface area contributed by atoms with Crippen LogP contribution in [0.15, 0.2) is 58.0 Å². The molecule has 0 aliphatic carbocycles. The maximum Gasteiger partial charge on any atom is 0.194 e. The topological polar surface area (TPSA) is 44.9 Å². The lowest BCUT2D eigenvalue weighted by atomic mass is 10.2. The molecule has 5 nitrogen and oxygen atoms in total. The number of likely N-dealkylation sites (tertiary alicyclic amines) is 1. The molecule has 1 fully saturated rings. The van der Waals surface area contributed by atoms with E-state index < -0.39 is 0 Å². The van der Waals surface area contributed by atoms with Crippen LogP contribution in [0.4, 0.5) is 0 Å². The monoisotopic (exact) mass is 399 g/mol. The molecule has 1 saturated heterocycles. The predicted octanol–water partition coefficient (Wildman–Crippen LogP) is 3.98. The molecule has 27 heavy (non-hydrogen) atoms. The highest BCUT2D eigenvalue weighted by atomic mass is 32.2. The van der Waals surface area contributed by atoms with Crippen molar-refractivity contribution < 1.29 is 0 Å². The number of nitrogens with one attached hydrogen (secondary N) is 1. The van der Waals surface area contributed by atoms with Crippen molar-refractivity contribution in [3.05, 3.63) is 53.8 Å². The summed E-state index contributed by atoms with van der Waals surface area (Å²) in [5.41, 5.74) is 1.02. The molecule has 1 N–H and O–H groups in total. The van der Waals surface area contributed by atoms with Crippen molar-refractivity contribution in [2.45, 2.75) is 24.8 Å². The van der Waals surface area contributed by atoms with E-state index in [0.29, 0.717) is 12.5 Å². The van der Waals surface area contributed by atoms with Crippen molar-refractivity contribution >= 4 is 34.0 Å². The first kappa shape index (κ1) is 18.4. The zero-order chi connectivity index (χ0) is 18.5. The number of imidazole rings is 1. The Hall–Kier alpha value is -1.99. The van der Waals surface area contributed by atoms with Crippen LogP contribution in [0.3, 0.4) is 0 Å². The molecule has 0 saturated carbocycles. The van der Waals surface area contributed by atoms with Crippen molar-refractivity contribution in [1.29, 1.82) is 0 Å². The fourth-order valence-electron chi connectivity index (χ4n) is 3.33. The molecule has 7 heteroatoms. The minimum atomic E-state index is 0.622. The normalized spacial score (nSPS) is 17.7. The molecule has 2 aromatic heterocycles. The number of hydrogen-bond donors (Lipinski definition) is 1. The first-order chi connectivity index (χ1) is 13.3. The second kappa shape index (κ2) is 8.80. The summed E-state index contributed by atoms with van der Waals surface area (Å²) in [5, 5.41) is 5.51. The summed E-state index contributed by atoms with van der Waals surface area (Å²) in [7, 11) is 0. The van der Waals surface area contributed by atoms with Gasteiger partial charge in [-0.2, -0.15) is 0 Å². The Balaban J connectivity index is 1.34. The van der Waals surface area contributed by atoms with Gasteiger partial charge in [-0.15, -0.1) is 23.1 Å². The SMILES string of the molecule is CCNC(=NCc1cn2ccsc2n1)N1CCC(CSc2ccccc2)C1. The maximum absolute atomic E-state index is 4.85. The molecule has 0 bridgehead atoms. The van der Waals surface area contributed by atoms with Crippen molar-refractivity contribution in [2.24, 2.45) is 10.9 Å². The minimum absolute atomic E-state index is 0.622. The fraction of sp³-hybridized carbons (Fsp3) is 0.400. The molecule has 0 amide bonds. The first-order valence-electron chi connectivity index (χ1n) is 9.44. The largest absolute Gasteiger partial charge is 0.357 e. The van der Waals surface area contributed by atoms with Gasteiger partial charge >= 0.3 is 0 Å². The predicted molar refractivity (Wildman–Crippen MR) is 115 cm³/mol. The molecule has 142 valence electrons. The number of thiazole rings is 1. The highest BCUT2D eigenvalue weighted by Gasteiger charge is 2.25. The molecular formula is C20H25N5S2. The number of guanidine groups is 1. The van der Waals surface area contributed by atoms with Crippen molar-refractivity contribution in [1.82, 2.24) is 19.6 Å². The Morgan fingerprint density at radius 3 is 3.07 bits per heavy atom. The average Bonchev–Trinajstić information content (AvgIpc) is 3.40. The van der Waals surface area contributed by atoms with E-state index in [1.165, 1.54) is 11.3 Å². The van der Waals surface area contributed by atoms with E-state index >= 15 is 0 Å². The van der Waals surface area contributed by atoms with Crippen molar-refractivity contribution in [3.8, 4) is 0 Å². The van der Waals surface area contributed by atoms with E-state index in [-0.39, 0.29) is 0 Å².